The first-order valence-corrected chi connectivity index (χ1v) is 8.78. The molecule has 2 unspecified atom stereocenters. The van der Waals surface area contributed by atoms with Crippen LogP contribution in [0, 0.1) is 0 Å². The minimum absolute atomic E-state index is 0.0696. The van der Waals surface area contributed by atoms with Gasteiger partial charge < -0.3 is 24.8 Å². The molecular formula is C18H21ClN2O5. The van der Waals surface area contributed by atoms with Gasteiger partial charge in [0.15, 0.2) is 0 Å². The first-order valence-electron chi connectivity index (χ1n) is 8.40. The number of benzene rings is 1. The molecule has 0 spiro atoms. The molecule has 8 heteroatoms. The number of carbonyl (C=O) groups is 2. The summed E-state index contributed by atoms with van der Waals surface area (Å²) in [6.07, 6.45) is 1.77. The summed E-state index contributed by atoms with van der Waals surface area (Å²) < 4.78 is 16.1. The Bertz CT molecular complexity index is 743. The highest BCUT2D eigenvalue weighted by molar-refractivity contribution is 6.32. The zero-order valence-electron chi connectivity index (χ0n) is 14.6. The number of rotatable bonds is 5. The number of allylic oxidation sites excluding steroid dienone is 1. The number of esters is 1. The number of hydrogen-bond donors (Lipinski definition) is 2. The third-order valence-corrected chi connectivity index (χ3v) is 4.72. The lowest BCUT2D eigenvalue weighted by molar-refractivity contribution is -0.142. The molecule has 2 N–H and O–H groups in total. The van der Waals surface area contributed by atoms with Crippen LogP contribution in [-0.2, 0) is 14.3 Å². The van der Waals surface area contributed by atoms with Gasteiger partial charge in [-0.3, -0.25) is 0 Å². The Morgan fingerprint density at radius 3 is 2.88 bits per heavy atom. The van der Waals surface area contributed by atoms with Crippen molar-refractivity contribution >= 4 is 23.6 Å². The Morgan fingerprint density at radius 2 is 2.23 bits per heavy atom. The van der Waals surface area contributed by atoms with Crippen LogP contribution in [0.3, 0.4) is 0 Å². The van der Waals surface area contributed by atoms with E-state index < -0.39 is 18.0 Å². The number of halogens is 1. The lowest BCUT2D eigenvalue weighted by Crippen LogP contribution is -2.45. The van der Waals surface area contributed by atoms with Crippen molar-refractivity contribution in [2.24, 2.45) is 0 Å². The summed E-state index contributed by atoms with van der Waals surface area (Å²) in [5, 5.41) is 5.75. The maximum absolute atomic E-state index is 12.7. The van der Waals surface area contributed by atoms with Crippen LogP contribution < -0.4 is 15.4 Å². The molecule has 3 rings (SSSR count). The smallest absolute Gasteiger partial charge is 0.338 e. The summed E-state index contributed by atoms with van der Waals surface area (Å²) in [7, 11) is 1.52. The van der Waals surface area contributed by atoms with E-state index in [-0.39, 0.29) is 12.7 Å². The predicted molar refractivity (Wildman–Crippen MR) is 95.0 cm³/mol. The Kier molecular flexibility index (Phi) is 5.68. The van der Waals surface area contributed by atoms with Gasteiger partial charge >= 0.3 is 12.0 Å². The second-order valence-corrected chi connectivity index (χ2v) is 6.60. The molecule has 2 aliphatic rings. The molecule has 2 amide bonds. The van der Waals surface area contributed by atoms with Gasteiger partial charge in [0.2, 0.25) is 0 Å². The van der Waals surface area contributed by atoms with Gasteiger partial charge in [-0.2, -0.15) is 0 Å². The highest BCUT2D eigenvalue weighted by Gasteiger charge is 2.33. The van der Waals surface area contributed by atoms with Crippen molar-refractivity contribution < 1.29 is 23.8 Å². The van der Waals surface area contributed by atoms with Crippen molar-refractivity contribution in [3.63, 3.8) is 0 Å². The van der Waals surface area contributed by atoms with Crippen molar-refractivity contribution in [3.8, 4) is 5.75 Å². The molecule has 0 radical (unpaired) electrons. The van der Waals surface area contributed by atoms with Crippen LogP contribution in [0.25, 0.3) is 0 Å². The Hall–Kier alpha value is -2.25. The van der Waals surface area contributed by atoms with Gasteiger partial charge in [0.05, 0.1) is 29.9 Å². The normalized spacial score (nSPS) is 22.7. The van der Waals surface area contributed by atoms with Gasteiger partial charge in [-0.05, 0) is 37.5 Å². The van der Waals surface area contributed by atoms with Gasteiger partial charge in [-0.25, -0.2) is 9.59 Å². The lowest BCUT2D eigenvalue weighted by Gasteiger charge is -2.28. The average molecular weight is 381 g/mol. The number of amides is 2. The van der Waals surface area contributed by atoms with Crippen LogP contribution in [0.4, 0.5) is 4.79 Å². The number of urea groups is 1. The van der Waals surface area contributed by atoms with E-state index in [0.29, 0.717) is 34.2 Å². The van der Waals surface area contributed by atoms with E-state index in [9.17, 15) is 9.59 Å². The summed E-state index contributed by atoms with van der Waals surface area (Å²) in [6, 6.07) is 4.05. The molecule has 1 aromatic rings. The molecule has 2 atom stereocenters. The van der Waals surface area contributed by atoms with Crippen molar-refractivity contribution in [3.05, 3.63) is 40.1 Å². The van der Waals surface area contributed by atoms with E-state index in [1.807, 2.05) is 0 Å². The molecule has 0 saturated carbocycles. The third kappa shape index (κ3) is 3.94. The molecule has 26 heavy (non-hydrogen) atoms. The van der Waals surface area contributed by atoms with E-state index in [0.717, 1.165) is 12.8 Å². The summed E-state index contributed by atoms with van der Waals surface area (Å²) in [5.74, 6) is 0.0151. The molecule has 0 aliphatic carbocycles. The van der Waals surface area contributed by atoms with Crippen LogP contribution in [-0.4, -0.2) is 38.4 Å². The molecular weight excluding hydrogens is 360 g/mol. The summed E-state index contributed by atoms with van der Waals surface area (Å²) in [5.41, 5.74) is 1.45. The van der Waals surface area contributed by atoms with Gasteiger partial charge in [0.1, 0.15) is 12.4 Å². The van der Waals surface area contributed by atoms with Crippen molar-refractivity contribution in [1.82, 2.24) is 10.6 Å². The van der Waals surface area contributed by atoms with Gasteiger partial charge in [0, 0.05) is 12.3 Å². The van der Waals surface area contributed by atoms with Crippen LogP contribution in [0.5, 0.6) is 5.75 Å². The highest BCUT2D eigenvalue weighted by atomic mass is 35.5. The second-order valence-electron chi connectivity index (χ2n) is 6.20. The summed E-state index contributed by atoms with van der Waals surface area (Å²) >= 11 is 6.19. The van der Waals surface area contributed by atoms with Crippen molar-refractivity contribution in [1.29, 1.82) is 0 Å². The van der Waals surface area contributed by atoms with Crippen molar-refractivity contribution in [2.75, 3.05) is 20.3 Å². The quantitative estimate of drug-likeness (QED) is 0.767. The fourth-order valence-corrected chi connectivity index (χ4v) is 3.36. The highest BCUT2D eigenvalue weighted by Crippen LogP contribution is 2.33. The maximum atomic E-state index is 12.7. The average Bonchev–Trinajstić information content (AvgIpc) is 3.12. The zero-order valence-corrected chi connectivity index (χ0v) is 15.4. The topological polar surface area (TPSA) is 85.9 Å². The van der Waals surface area contributed by atoms with E-state index in [1.54, 1.807) is 25.1 Å². The third-order valence-electron chi connectivity index (χ3n) is 4.42. The van der Waals surface area contributed by atoms with E-state index in [1.165, 1.54) is 7.11 Å². The fraction of sp³-hybridized carbons (Fsp3) is 0.444. The van der Waals surface area contributed by atoms with Crippen LogP contribution in [0.2, 0.25) is 5.02 Å². The predicted octanol–water partition coefficient (Wildman–Crippen LogP) is 2.70. The lowest BCUT2D eigenvalue weighted by atomic mass is 9.95. The summed E-state index contributed by atoms with van der Waals surface area (Å²) in [6.45, 7) is 2.55. The molecule has 1 saturated heterocycles. The number of hydrogen-bond acceptors (Lipinski definition) is 5. The molecule has 7 nitrogen and oxygen atoms in total. The van der Waals surface area contributed by atoms with E-state index in [4.69, 9.17) is 25.8 Å². The number of methoxy groups -OCH3 is 1. The minimum Gasteiger partial charge on any atom is -0.495 e. The molecule has 2 heterocycles. The molecule has 0 bridgehead atoms. The number of ether oxygens (including phenoxy) is 3. The first kappa shape index (κ1) is 18.5. The van der Waals surface area contributed by atoms with Crippen LogP contribution in [0.1, 0.15) is 31.4 Å². The van der Waals surface area contributed by atoms with Crippen LogP contribution in [0.15, 0.2) is 29.5 Å². The van der Waals surface area contributed by atoms with E-state index >= 15 is 0 Å². The zero-order chi connectivity index (χ0) is 18.7. The number of carbonyl (C=O) groups excluding carboxylic acids is 2. The Balaban J connectivity index is 1.84. The maximum Gasteiger partial charge on any atom is 0.338 e. The molecule has 1 fully saturated rings. The number of nitrogens with one attached hydrogen (secondary N) is 2. The van der Waals surface area contributed by atoms with Gasteiger partial charge in [-0.15, -0.1) is 0 Å². The molecule has 140 valence electrons. The summed E-state index contributed by atoms with van der Waals surface area (Å²) in [4.78, 5) is 24.6. The standard InChI is InChI=1S/C18H21ClN2O5/c1-10-15(17(22)26-9-12-4-3-7-25-12)16(21-18(23)20-10)11-5-6-14(24-2)13(19)8-11/h5-6,8,12,16H,3-4,7,9H2,1-2H3,(H2,20,21,23). The SMILES string of the molecule is COc1ccc(C2NC(=O)NC(C)=C2C(=O)OCC2CCCO2)cc1Cl. The second kappa shape index (κ2) is 7.97. The largest absolute Gasteiger partial charge is 0.495 e. The Labute approximate surface area is 156 Å². The monoisotopic (exact) mass is 380 g/mol. The first-order chi connectivity index (χ1) is 12.5. The Morgan fingerprint density at radius 1 is 1.42 bits per heavy atom. The fourth-order valence-electron chi connectivity index (χ4n) is 3.10. The molecule has 0 aromatic heterocycles. The van der Waals surface area contributed by atoms with Gasteiger partial charge in [-0.1, -0.05) is 17.7 Å². The van der Waals surface area contributed by atoms with Crippen LogP contribution >= 0.6 is 11.6 Å². The van der Waals surface area contributed by atoms with Gasteiger partial charge in [0.25, 0.3) is 0 Å². The molecule has 1 aromatic carbocycles. The van der Waals surface area contributed by atoms with Crippen molar-refractivity contribution in [2.45, 2.75) is 31.9 Å². The molecule has 2 aliphatic heterocycles. The van der Waals surface area contributed by atoms with E-state index in [2.05, 4.69) is 10.6 Å². The minimum atomic E-state index is -0.663.